The Labute approximate surface area is 152 Å². The van der Waals surface area contributed by atoms with E-state index in [4.69, 9.17) is 27.3 Å². The van der Waals surface area contributed by atoms with Crippen molar-refractivity contribution in [2.24, 2.45) is 5.92 Å². The molecule has 0 bridgehead atoms. The SMILES string of the molecule is [B]C1(O)CN(CC=O)CC([B])(O)C1CNC(=O)c1cc(F)cc(Cl)c1. The number of halogens is 2. The lowest BCUT2D eigenvalue weighted by atomic mass is 9.55. The molecule has 0 saturated carbocycles. The number of nitrogens with one attached hydrogen (secondary N) is 1. The summed E-state index contributed by atoms with van der Waals surface area (Å²) in [6.07, 6.45) is 0.599. The number of hydrogen-bond donors (Lipinski definition) is 3. The second-order valence-corrected chi connectivity index (χ2v) is 6.68. The fourth-order valence-electron chi connectivity index (χ4n) is 3.00. The van der Waals surface area contributed by atoms with Gasteiger partial charge in [0, 0.05) is 47.1 Å². The van der Waals surface area contributed by atoms with Crippen LogP contribution in [0.4, 0.5) is 4.39 Å². The molecule has 0 aromatic heterocycles. The van der Waals surface area contributed by atoms with Crippen molar-refractivity contribution in [2.75, 3.05) is 26.2 Å². The van der Waals surface area contributed by atoms with Crippen molar-refractivity contribution < 1.29 is 24.2 Å². The van der Waals surface area contributed by atoms with Gasteiger partial charge in [0.1, 0.15) is 27.8 Å². The van der Waals surface area contributed by atoms with Gasteiger partial charge in [-0.15, -0.1) is 0 Å². The second kappa shape index (κ2) is 7.45. The third-order valence-electron chi connectivity index (χ3n) is 4.08. The standard InChI is InChI=1S/C15H16B2ClFN2O4/c16-14(24)7-21(1-2-22)8-15(17,25)12(14)6-20-13(23)9-3-10(18)5-11(19)4-9/h2-5,12,24-25H,1,6-8H2,(H,20,23). The maximum Gasteiger partial charge on any atom is 0.251 e. The summed E-state index contributed by atoms with van der Waals surface area (Å²) < 4.78 is 13.3. The average molecular weight is 364 g/mol. The summed E-state index contributed by atoms with van der Waals surface area (Å²) in [4.78, 5) is 24.2. The van der Waals surface area contributed by atoms with Crippen LogP contribution in [-0.4, -0.2) is 80.2 Å². The quantitative estimate of drug-likeness (QED) is 0.463. The number of β-amino-alcohol motifs (C(OH)–C–C–N with tert-alkyl or cyclic N) is 2. The van der Waals surface area contributed by atoms with E-state index in [1.807, 2.05) is 0 Å². The molecular formula is C15H16B2ClFN2O4. The van der Waals surface area contributed by atoms with Gasteiger partial charge in [0.2, 0.25) is 0 Å². The molecular weight excluding hydrogens is 348 g/mol. The van der Waals surface area contributed by atoms with Crippen molar-refractivity contribution in [2.45, 2.75) is 11.0 Å². The Morgan fingerprint density at radius 2 is 1.96 bits per heavy atom. The number of nitrogens with zero attached hydrogens (tertiary/aromatic N) is 1. The molecule has 1 heterocycles. The van der Waals surface area contributed by atoms with Gasteiger partial charge in [-0.25, -0.2) is 4.39 Å². The number of aldehydes is 1. The topological polar surface area (TPSA) is 89.9 Å². The first-order valence-electron chi connectivity index (χ1n) is 7.48. The Bertz CT molecular complexity index is 637. The van der Waals surface area contributed by atoms with E-state index in [0.717, 1.165) is 12.1 Å². The second-order valence-electron chi connectivity index (χ2n) is 6.24. The number of piperidine rings is 1. The van der Waals surface area contributed by atoms with E-state index in [2.05, 4.69) is 5.32 Å². The van der Waals surface area contributed by atoms with Crippen LogP contribution in [0.5, 0.6) is 0 Å². The van der Waals surface area contributed by atoms with E-state index >= 15 is 0 Å². The third-order valence-corrected chi connectivity index (χ3v) is 4.30. The van der Waals surface area contributed by atoms with Gasteiger partial charge in [0.15, 0.2) is 0 Å². The molecule has 0 spiro atoms. The molecule has 10 heteroatoms. The lowest BCUT2D eigenvalue weighted by molar-refractivity contribution is -0.119. The summed E-state index contributed by atoms with van der Waals surface area (Å²) >= 11 is 5.71. The van der Waals surface area contributed by atoms with E-state index in [1.54, 1.807) is 0 Å². The van der Waals surface area contributed by atoms with Crippen molar-refractivity contribution in [1.82, 2.24) is 10.2 Å². The minimum Gasteiger partial charge on any atom is -0.398 e. The molecule has 0 aliphatic carbocycles. The molecule has 130 valence electrons. The van der Waals surface area contributed by atoms with E-state index in [1.165, 1.54) is 11.0 Å². The first kappa shape index (κ1) is 19.9. The summed E-state index contributed by atoms with van der Waals surface area (Å²) in [5, 5.41) is 23.3. The van der Waals surface area contributed by atoms with Gasteiger partial charge in [-0.1, -0.05) is 11.6 Å². The van der Waals surface area contributed by atoms with Gasteiger partial charge in [0.05, 0.1) is 6.54 Å². The highest BCUT2D eigenvalue weighted by Crippen LogP contribution is 2.31. The van der Waals surface area contributed by atoms with Crippen LogP contribution in [0, 0.1) is 11.7 Å². The number of rotatable bonds is 5. The number of aliphatic hydroxyl groups is 2. The molecule has 1 aromatic carbocycles. The predicted molar refractivity (Wildman–Crippen MR) is 91.1 cm³/mol. The zero-order valence-corrected chi connectivity index (χ0v) is 14.0. The van der Waals surface area contributed by atoms with Crippen molar-refractivity contribution in [3.63, 3.8) is 0 Å². The Balaban J connectivity index is 2.10. The van der Waals surface area contributed by atoms with Crippen LogP contribution in [0.1, 0.15) is 10.4 Å². The van der Waals surface area contributed by atoms with E-state index < -0.39 is 28.6 Å². The molecule has 1 aliphatic heterocycles. The molecule has 2 atom stereocenters. The van der Waals surface area contributed by atoms with Gasteiger partial charge in [-0.05, 0) is 18.2 Å². The molecule has 25 heavy (non-hydrogen) atoms. The molecule has 4 radical (unpaired) electrons. The van der Waals surface area contributed by atoms with Crippen LogP contribution in [0.15, 0.2) is 18.2 Å². The summed E-state index contributed by atoms with van der Waals surface area (Å²) in [5.41, 5.74) is -3.92. The molecule has 1 amide bonds. The maximum atomic E-state index is 13.3. The first-order valence-corrected chi connectivity index (χ1v) is 7.86. The van der Waals surface area contributed by atoms with Crippen molar-refractivity contribution >= 4 is 39.5 Å². The lowest BCUT2D eigenvalue weighted by Gasteiger charge is -2.51. The fourth-order valence-corrected chi connectivity index (χ4v) is 3.22. The molecule has 1 aliphatic rings. The molecule has 2 unspecified atom stereocenters. The van der Waals surface area contributed by atoms with Gasteiger partial charge in [0.25, 0.3) is 5.91 Å². The number of carbonyl (C=O) groups excluding carboxylic acids is 2. The summed E-state index contributed by atoms with van der Waals surface area (Å²) in [6, 6.07) is 3.32. The summed E-state index contributed by atoms with van der Waals surface area (Å²) in [6.45, 7) is -0.545. The van der Waals surface area contributed by atoms with E-state index in [-0.39, 0.29) is 36.8 Å². The van der Waals surface area contributed by atoms with Crippen molar-refractivity contribution in [3.05, 3.63) is 34.6 Å². The van der Waals surface area contributed by atoms with Crippen LogP contribution >= 0.6 is 11.6 Å². The number of benzene rings is 1. The molecule has 1 fully saturated rings. The molecule has 1 saturated heterocycles. The highest BCUT2D eigenvalue weighted by atomic mass is 35.5. The van der Waals surface area contributed by atoms with E-state index in [9.17, 15) is 24.2 Å². The van der Waals surface area contributed by atoms with Gasteiger partial charge in [-0.2, -0.15) is 0 Å². The number of amides is 1. The van der Waals surface area contributed by atoms with Crippen LogP contribution in [-0.2, 0) is 4.79 Å². The van der Waals surface area contributed by atoms with Crippen LogP contribution in [0.2, 0.25) is 5.02 Å². The van der Waals surface area contributed by atoms with Crippen molar-refractivity contribution in [3.8, 4) is 0 Å². The normalized spacial score (nSPS) is 30.0. The van der Waals surface area contributed by atoms with Crippen LogP contribution in [0.3, 0.4) is 0 Å². The monoisotopic (exact) mass is 364 g/mol. The van der Waals surface area contributed by atoms with Gasteiger partial charge >= 0.3 is 0 Å². The van der Waals surface area contributed by atoms with Gasteiger partial charge in [-0.3, -0.25) is 9.69 Å². The zero-order valence-electron chi connectivity index (χ0n) is 13.3. The molecule has 1 aromatic rings. The van der Waals surface area contributed by atoms with Crippen LogP contribution < -0.4 is 5.32 Å². The fraction of sp³-hybridized carbons (Fsp3) is 0.467. The maximum absolute atomic E-state index is 13.3. The van der Waals surface area contributed by atoms with Crippen molar-refractivity contribution in [1.29, 1.82) is 0 Å². The molecule has 2 rings (SSSR count). The van der Waals surface area contributed by atoms with Crippen LogP contribution in [0.25, 0.3) is 0 Å². The predicted octanol–water partition coefficient (Wildman–Crippen LogP) is -0.946. The lowest BCUT2D eigenvalue weighted by Crippen LogP contribution is -2.69. The average Bonchev–Trinajstić information content (AvgIpc) is 2.43. The first-order chi connectivity index (χ1) is 11.5. The third kappa shape index (κ3) is 4.82. The highest BCUT2D eigenvalue weighted by molar-refractivity contribution is 6.31. The largest absolute Gasteiger partial charge is 0.398 e. The summed E-state index contributed by atoms with van der Waals surface area (Å²) in [7, 11) is 11.6. The summed E-state index contributed by atoms with van der Waals surface area (Å²) in [5.74, 6) is -2.45. The Morgan fingerprint density at radius 1 is 1.36 bits per heavy atom. The smallest absolute Gasteiger partial charge is 0.251 e. The number of carbonyl (C=O) groups is 2. The zero-order chi connectivity index (χ0) is 18.8. The number of hydrogen-bond acceptors (Lipinski definition) is 5. The Hall–Kier alpha value is -1.41. The van der Waals surface area contributed by atoms with Gasteiger partial charge < -0.3 is 20.3 Å². The minimum absolute atomic E-state index is 0.0236. The Kier molecular flexibility index (Phi) is 5.93. The minimum atomic E-state index is -1.95. The molecule has 6 nitrogen and oxygen atoms in total. The van der Waals surface area contributed by atoms with E-state index in [0.29, 0.717) is 6.29 Å². The molecule has 3 N–H and O–H groups in total. The highest BCUT2D eigenvalue weighted by Gasteiger charge is 2.48. The Morgan fingerprint density at radius 3 is 2.48 bits per heavy atom. The number of likely N-dealkylation sites (tertiary alicyclic amines) is 1.